The first kappa shape index (κ1) is 19.7. The Kier molecular flexibility index (Phi) is 8.31. The summed E-state index contributed by atoms with van der Waals surface area (Å²) in [6.45, 7) is 8.57. The van der Waals surface area contributed by atoms with E-state index in [1.165, 1.54) is 0 Å². The average molecular weight is 404 g/mol. The number of rotatable bonds is 4. The van der Waals surface area contributed by atoms with Gasteiger partial charge >= 0.3 is 0 Å². The summed E-state index contributed by atoms with van der Waals surface area (Å²) in [7, 11) is 0. The molecule has 0 aromatic heterocycles. The van der Waals surface area contributed by atoms with E-state index in [2.05, 4.69) is 15.6 Å². The van der Waals surface area contributed by atoms with Crippen molar-refractivity contribution < 1.29 is 4.79 Å². The average Bonchev–Trinajstić information content (AvgIpc) is 2.33. The molecule has 0 saturated carbocycles. The van der Waals surface area contributed by atoms with Crippen LogP contribution in [0.2, 0.25) is 0 Å². The Morgan fingerprint density at radius 2 is 2.00 bits per heavy atom. The van der Waals surface area contributed by atoms with Gasteiger partial charge in [-0.05, 0) is 24.6 Å². The quantitative estimate of drug-likeness (QED) is 0.312. The van der Waals surface area contributed by atoms with Gasteiger partial charge in [0.25, 0.3) is 0 Å². The van der Waals surface area contributed by atoms with Crippen molar-refractivity contribution in [3.8, 4) is 0 Å². The van der Waals surface area contributed by atoms with Crippen LogP contribution < -0.4 is 16.4 Å². The van der Waals surface area contributed by atoms with Gasteiger partial charge in [0.2, 0.25) is 5.91 Å². The fourth-order valence-corrected chi connectivity index (χ4v) is 1.52. The van der Waals surface area contributed by atoms with Gasteiger partial charge in [0, 0.05) is 17.6 Å². The lowest BCUT2D eigenvalue weighted by molar-refractivity contribution is -0.128. The number of hydrogen-bond acceptors (Lipinski definition) is 2. The molecule has 0 radical (unpaired) electrons. The number of benzene rings is 1. The molecule has 0 heterocycles. The number of anilines is 1. The minimum absolute atomic E-state index is 0. The number of amides is 1. The Labute approximate surface area is 143 Å². The number of hydrogen-bond donors (Lipinski definition) is 3. The second kappa shape index (κ2) is 8.86. The highest BCUT2D eigenvalue weighted by Gasteiger charge is 2.19. The van der Waals surface area contributed by atoms with Crippen LogP contribution in [0.5, 0.6) is 0 Å². The number of halogens is 1. The first-order valence-electron chi connectivity index (χ1n) is 6.71. The van der Waals surface area contributed by atoms with E-state index in [9.17, 15) is 4.79 Å². The van der Waals surface area contributed by atoms with Crippen LogP contribution in [-0.2, 0) is 4.79 Å². The third-order valence-electron chi connectivity index (χ3n) is 2.65. The molecule has 0 spiro atoms. The molecule has 1 aromatic rings. The Balaban J connectivity index is 0.00000400. The molecule has 6 heteroatoms. The van der Waals surface area contributed by atoms with Crippen LogP contribution in [0.1, 0.15) is 26.3 Å². The van der Waals surface area contributed by atoms with Crippen LogP contribution in [0.15, 0.2) is 29.3 Å². The van der Waals surface area contributed by atoms with Gasteiger partial charge in [-0.2, -0.15) is 0 Å². The molecule has 21 heavy (non-hydrogen) atoms. The molecule has 118 valence electrons. The van der Waals surface area contributed by atoms with E-state index in [1.807, 2.05) is 52.0 Å². The third kappa shape index (κ3) is 7.89. The molecule has 0 unspecified atom stereocenters. The summed E-state index contributed by atoms with van der Waals surface area (Å²) < 4.78 is 0. The standard InChI is InChI=1S/C15H24N4O.HI/c1-11-6-5-7-12(10-11)19-14(16)18-9-8-17-13(20)15(2,3)4;/h5-7,10H,8-9H2,1-4H3,(H,17,20)(H3,16,18,19);1H. The number of nitrogens with two attached hydrogens (primary N) is 1. The van der Waals surface area contributed by atoms with Crippen molar-refractivity contribution in [3.63, 3.8) is 0 Å². The molecular formula is C15H25IN4O. The minimum atomic E-state index is -0.380. The topological polar surface area (TPSA) is 79.5 Å². The van der Waals surface area contributed by atoms with E-state index in [4.69, 9.17) is 5.73 Å². The summed E-state index contributed by atoms with van der Waals surface area (Å²) in [5.74, 6) is 0.360. The first-order chi connectivity index (χ1) is 9.29. The molecule has 1 aromatic carbocycles. The summed E-state index contributed by atoms with van der Waals surface area (Å²) in [5, 5.41) is 5.84. The lowest BCUT2D eigenvalue weighted by Crippen LogP contribution is -2.36. The van der Waals surface area contributed by atoms with Crippen molar-refractivity contribution in [1.29, 1.82) is 0 Å². The Hall–Kier alpha value is -1.31. The predicted octanol–water partition coefficient (Wildman–Crippen LogP) is 2.50. The molecule has 0 saturated heterocycles. The maximum absolute atomic E-state index is 11.6. The first-order valence-corrected chi connectivity index (χ1v) is 6.71. The lowest BCUT2D eigenvalue weighted by atomic mass is 9.96. The zero-order chi connectivity index (χ0) is 15.2. The zero-order valence-electron chi connectivity index (χ0n) is 13.1. The second-order valence-electron chi connectivity index (χ2n) is 5.77. The number of carbonyl (C=O) groups excluding carboxylic acids is 1. The number of carbonyl (C=O) groups is 1. The summed E-state index contributed by atoms with van der Waals surface area (Å²) in [4.78, 5) is 15.8. The molecule has 0 atom stereocenters. The zero-order valence-corrected chi connectivity index (χ0v) is 15.4. The SMILES string of the molecule is Cc1cccc(NC(N)=NCCNC(=O)C(C)(C)C)c1.I. The van der Waals surface area contributed by atoms with Gasteiger partial charge in [0.1, 0.15) is 0 Å². The molecule has 1 rings (SSSR count). The van der Waals surface area contributed by atoms with Crippen LogP contribution in [0.25, 0.3) is 0 Å². The van der Waals surface area contributed by atoms with E-state index in [0.717, 1.165) is 11.3 Å². The Morgan fingerprint density at radius 3 is 2.57 bits per heavy atom. The minimum Gasteiger partial charge on any atom is -0.370 e. The van der Waals surface area contributed by atoms with Gasteiger partial charge < -0.3 is 16.4 Å². The normalized spacial score (nSPS) is 11.5. The Morgan fingerprint density at radius 1 is 1.33 bits per heavy atom. The second-order valence-corrected chi connectivity index (χ2v) is 5.77. The largest absolute Gasteiger partial charge is 0.370 e. The van der Waals surface area contributed by atoms with Gasteiger partial charge in [-0.3, -0.25) is 9.79 Å². The van der Waals surface area contributed by atoms with Crippen LogP contribution in [0, 0.1) is 12.3 Å². The highest BCUT2D eigenvalue weighted by atomic mass is 127. The van der Waals surface area contributed by atoms with E-state index < -0.39 is 0 Å². The van der Waals surface area contributed by atoms with Crippen molar-refractivity contribution in [3.05, 3.63) is 29.8 Å². The molecule has 4 N–H and O–H groups in total. The van der Waals surface area contributed by atoms with Crippen molar-refractivity contribution in [2.45, 2.75) is 27.7 Å². The van der Waals surface area contributed by atoms with Gasteiger partial charge in [0.05, 0.1) is 6.54 Å². The smallest absolute Gasteiger partial charge is 0.225 e. The summed E-state index contributed by atoms with van der Waals surface area (Å²) in [5.41, 5.74) is 7.47. The van der Waals surface area contributed by atoms with E-state index >= 15 is 0 Å². The van der Waals surface area contributed by atoms with Gasteiger partial charge in [-0.25, -0.2) is 0 Å². The molecule has 0 fully saturated rings. The maximum Gasteiger partial charge on any atom is 0.225 e. The van der Waals surface area contributed by atoms with E-state index in [1.54, 1.807) is 0 Å². The number of aliphatic imine (C=N–C) groups is 1. The van der Waals surface area contributed by atoms with Crippen LogP contribution in [-0.4, -0.2) is 25.0 Å². The monoisotopic (exact) mass is 404 g/mol. The highest BCUT2D eigenvalue weighted by molar-refractivity contribution is 14.0. The Bertz CT molecular complexity index is 495. The number of nitrogens with one attached hydrogen (secondary N) is 2. The van der Waals surface area contributed by atoms with Crippen LogP contribution in [0.4, 0.5) is 5.69 Å². The van der Waals surface area contributed by atoms with Crippen molar-refractivity contribution in [2.75, 3.05) is 18.4 Å². The van der Waals surface area contributed by atoms with Gasteiger partial charge in [-0.1, -0.05) is 32.9 Å². The van der Waals surface area contributed by atoms with Crippen molar-refractivity contribution in [1.82, 2.24) is 5.32 Å². The molecule has 0 aliphatic rings. The van der Waals surface area contributed by atoms with Crippen LogP contribution >= 0.6 is 24.0 Å². The fraction of sp³-hybridized carbons (Fsp3) is 0.467. The summed E-state index contributed by atoms with van der Waals surface area (Å²) in [6.07, 6.45) is 0. The van der Waals surface area contributed by atoms with Crippen molar-refractivity contribution >= 4 is 41.5 Å². The van der Waals surface area contributed by atoms with Crippen LogP contribution in [0.3, 0.4) is 0 Å². The highest BCUT2D eigenvalue weighted by Crippen LogP contribution is 2.12. The molecule has 0 aliphatic heterocycles. The summed E-state index contributed by atoms with van der Waals surface area (Å²) in [6, 6.07) is 7.88. The maximum atomic E-state index is 11.6. The molecular weight excluding hydrogens is 379 g/mol. The predicted molar refractivity (Wildman–Crippen MR) is 99.2 cm³/mol. The summed E-state index contributed by atoms with van der Waals surface area (Å²) >= 11 is 0. The molecule has 5 nitrogen and oxygen atoms in total. The third-order valence-corrected chi connectivity index (χ3v) is 2.65. The lowest BCUT2D eigenvalue weighted by Gasteiger charge is -2.17. The number of guanidine groups is 1. The molecule has 1 amide bonds. The van der Waals surface area contributed by atoms with Gasteiger partial charge in [-0.15, -0.1) is 24.0 Å². The number of aryl methyl sites for hydroxylation is 1. The van der Waals surface area contributed by atoms with Gasteiger partial charge in [0.15, 0.2) is 5.96 Å². The fourth-order valence-electron chi connectivity index (χ4n) is 1.52. The molecule has 0 aliphatic carbocycles. The van der Waals surface area contributed by atoms with Crippen molar-refractivity contribution in [2.24, 2.45) is 16.1 Å². The van der Waals surface area contributed by atoms with E-state index in [-0.39, 0.29) is 35.3 Å². The van der Waals surface area contributed by atoms with E-state index in [0.29, 0.717) is 19.0 Å². The molecule has 0 bridgehead atoms. The number of nitrogens with zero attached hydrogens (tertiary/aromatic N) is 1.